The van der Waals surface area contributed by atoms with E-state index in [0.717, 1.165) is 0 Å². The smallest absolute Gasteiger partial charge is 0.307 e. The molecule has 1 heterocycles. The average Bonchev–Trinajstić information content (AvgIpc) is 2.18. The van der Waals surface area contributed by atoms with Crippen molar-refractivity contribution in [3.8, 4) is 0 Å². The minimum Gasteiger partial charge on any atom is -0.352 e. The van der Waals surface area contributed by atoms with Crippen LogP contribution in [0.3, 0.4) is 0 Å². The molecule has 6 nitrogen and oxygen atoms in total. The Labute approximate surface area is 62.4 Å². The summed E-state index contributed by atoms with van der Waals surface area (Å²) in [6, 6.07) is -0.659. The van der Waals surface area contributed by atoms with Gasteiger partial charge in [-0.05, 0) is 0 Å². The molecule has 60 valence electrons. The van der Waals surface area contributed by atoms with Crippen LogP contribution in [0.1, 0.15) is 12.8 Å². The van der Waals surface area contributed by atoms with E-state index in [1.807, 2.05) is 0 Å². The maximum absolute atomic E-state index is 10.7. The Kier molecular flexibility index (Phi) is 1.75. The summed E-state index contributed by atoms with van der Waals surface area (Å²) >= 11 is 0. The molecule has 3 N–H and O–H groups in total. The van der Waals surface area contributed by atoms with Crippen molar-refractivity contribution in [2.45, 2.75) is 12.8 Å². The van der Waals surface area contributed by atoms with E-state index in [1.165, 1.54) is 0 Å². The van der Waals surface area contributed by atoms with Crippen LogP contribution < -0.4 is 5.73 Å². The van der Waals surface area contributed by atoms with Crippen molar-refractivity contribution < 1.29 is 14.4 Å². The van der Waals surface area contributed by atoms with Gasteiger partial charge in [0, 0.05) is 12.8 Å². The third-order valence-electron chi connectivity index (χ3n) is 1.20. The van der Waals surface area contributed by atoms with Gasteiger partial charge in [0.1, 0.15) is 0 Å². The molecule has 0 aromatic carbocycles. The van der Waals surface area contributed by atoms with Crippen molar-refractivity contribution in [1.82, 2.24) is 5.06 Å². The molecule has 0 spiro atoms. The number of nitrogens with two attached hydrogens (primary N) is 1. The molecule has 0 bridgehead atoms. The third-order valence-corrected chi connectivity index (χ3v) is 1.20. The molecule has 1 aliphatic heterocycles. The minimum atomic E-state index is -0.659. The number of nitrogens with one attached hydrogen (secondary N) is 1. The lowest BCUT2D eigenvalue weighted by Gasteiger charge is -2.10. The zero-order valence-electron chi connectivity index (χ0n) is 5.66. The van der Waals surface area contributed by atoms with E-state index in [4.69, 9.17) is 11.1 Å². The molecule has 2 amide bonds. The van der Waals surface area contributed by atoms with Crippen LogP contribution in [0.4, 0.5) is 0 Å². The molecule has 0 saturated carbocycles. The highest BCUT2D eigenvalue weighted by atomic mass is 16.7. The number of hydrogen-bond donors (Lipinski definition) is 2. The Morgan fingerprint density at radius 2 is 1.91 bits per heavy atom. The van der Waals surface area contributed by atoms with Gasteiger partial charge in [-0.15, -0.1) is 5.06 Å². The SMILES string of the molecule is N=C(N)ON1C(=O)CCC1=O. The molecule has 0 aliphatic carbocycles. The van der Waals surface area contributed by atoms with Crippen LogP contribution in [-0.4, -0.2) is 22.9 Å². The van der Waals surface area contributed by atoms with Crippen molar-refractivity contribution in [2.24, 2.45) is 5.73 Å². The zero-order chi connectivity index (χ0) is 8.43. The van der Waals surface area contributed by atoms with Crippen molar-refractivity contribution >= 4 is 17.8 Å². The van der Waals surface area contributed by atoms with E-state index in [2.05, 4.69) is 4.84 Å². The largest absolute Gasteiger partial charge is 0.352 e. The first-order valence-corrected chi connectivity index (χ1v) is 2.99. The first kappa shape index (κ1) is 7.52. The van der Waals surface area contributed by atoms with Crippen LogP contribution in [0.5, 0.6) is 0 Å². The summed E-state index contributed by atoms with van der Waals surface area (Å²) in [5, 5.41) is 7.16. The van der Waals surface area contributed by atoms with Crippen LogP contribution in [0.2, 0.25) is 0 Å². The van der Waals surface area contributed by atoms with Crippen molar-refractivity contribution in [3.63, 3.8) is 0 Å². The van der Waals surface area contributed by atoms with Crippen molar-refractivity contribution in [3.05, 3.63) is 0 Å². The van der Waals surface area contributed by atoms with E-state index in [0.29, 0.717) is 5.06 Å². The lowest BCUT2D eigenvalue weighted by atomic mass is 10.4. The fourth-order valence-electron chi connectivity index (χ4n) is 0.756. The van der Waals surface area contributed by atoms with Gasteiger partial charge in [-0.2, -0.15) is 0 Å². The first-order chi connectivity index (χ1) is 5.11. The Balaban J connectivity index is 2.62. The number of hydrogen-bond acceptors (Lipinski definition) is 4. The van der Waals surface area contributed by atoms with Gasteiger partial charge in [-0.3, -0.25) is 9.59 Å². The quantitative estimate of drug-likeness (QED) is 0.288. The molecule has 6 heteroatoms. The van der Waals surface area contributed by atoms with Crippen LogP contribution in [-0.2, 0) is 14.4 Å². The Morgan fingerprint density at radius 1 is 1.45 bits per heavy atom. The van der Waals surface area contributed by atoms with Gasteiger partial charge in [0.05, 0.1) is 0 Å². The molecule has 1 aliphatic rings. The van der Waals surface area contributed by atoms with E-state index in [9.17, 15) is 9.59 Å². The Bertz CT molecular complexity index is 209. The summed E-state index contributed by atoms with van der Waals surface area (Å²) in [4.78, 5) is 25.8. The average molecular weight is 157 g/mol. The predicted octanol–water partition coefficient (Wildman–Crippen LogP) is -1.04. The van der Waals surface area contributed by atoms with Gasteiger partial charge in [0.2, 0.25) is 0 Å². The van der Waals surface area contributed by atoms with Gasteiger partial charge in [0.15, 0.2) is 0 Å². The second-order valence-electron chi connectivity index (χ2n) is 2.04. The predicted molar refractivity (Wildman–Crippen MR) is 34.1 cm³/mol. The number of amides is 2. The van der Waals surface area contributed by atoms with E-state index < -0.39 is 17.8 Å². The molecule has 0 aromatic rings. The monoisotopic (exact) mass is 157 g/mol. The number of hydroxylamine groups is 2. The van der Waals surface area contributed by atoms with Gasteiger partial charge >= 0.3 is 6.02 Å². The summed E-state index contributed by atoms with van der Waals surface area (Å²) in [7, 11) is 0. The van der Waals surface area contributed by atoms with Gasteiger partial charge in [-0.25, -0.2) is 5.41 Å². The molecule has 0 radical (unpaired) electrons. The first-order valence-electron chi connectivity index (χ1n) is 2.99. The fraction of sp³-hybridized carbons (Fsp3) is 0.400. The van der Waals surface area contributed by atoms with E-state index >= 15 is 0 Å². The summed E-state index contributed by atoms with van der Waals surface area (Å²) in [6.45, 7) is 0. The van der Waals surface area contributed by atoms with Gasteiger partial charge < -0.3 is 10.6 Å². The lowest BCUT2D eigenvalue weighted by Crippen LogP contribution is -2.34. The molecule has 0 aromatic heterocycles. The summed E-state index contributed by atoms with van der Waals surface area (Å²) in [5.74, 6) is -0.907. The molecule has 1 fully saturated rings. The van der Waals surface area contributed by atoms with Crippen LogP contribution in [0.15, 0.2) is 0 Å². The number of carbonyl (C=O) groups excluding carboxylic acids is 2. The number of rotatable bonds is 1. The molecule has 1 saturated heterocycles. The fourth-order valence-corrected chi connectivity index (χ4v) is 0.756. The van der Waals surface area contributed by atoms with E-state index in [1.54, 1.807) is 0 Å². The van der Waals surface area contributed by atoms with Crippen LogP contribution in [0, 0.1) is 5.41 Å². The lowest BCUT2D eigenvalue weighted by molar-refractivity contribution is -0.167. The van der Waals surface area contributed by atoms with Crippen LogP contribution >= 0.6 is 0 Å². The highest BCUT2D eigenvalue weighted by Gasteiger charge is 2.31. The normalized spacial score (nSPS) is 17.3. The molecule has 11 heavy (non-hydrogen) atoms. The van der Waals surface area contributed by atoms with Crippen molar-refractivity contribution in [2.75, 3.05) is 0 Å². The van der Waals surface area contributed by atoms with Crippen LogP contribution in [0.25, 0.3) is 0 Å². The highest BCUT2D eigenvalue weighted by molar-refractivity contribution is 6.01. The third kappa shape index (κ3) is 1.46. The second-order valence-corrected chi connectivity index (χ2v) is 2.04. The van der Waals surface area contributed by atoms with Gasteiger partial charge in [0.25, 0.3) is 11.8 Å². The highest BCUT2D eigenvalue weighted by Crippen LogP contribution is 2.11. The summed E-state index contributed by atoms with van der Waals surface area (Å²) in [6.07, 6.45) is 0.262. The zero-order valence-corrected chi connectivity index (χ0v) is 5.66. The summed E-state index contributed by atoms with van der Waals surface area (Å²) in [5.41, 5.74) is 4.81. The number of imide groups is 1. The number of nitrogens with zero attached hydrogens (tertiary/aromatic N) is 1. The molecular formula is C5H7N3O3. The number of amidine groups is 1. The molecule has 0 atom stereocenters. The van der Waals surface area contributed by atoms with Gasteiger partial charge in [-0.1, -0.05) is 0 Å². The minimum absolute atomic E-state index is 0.131. The van der Waals surface area contributed by atoms with E-state index in [-0.39, 0.29) is 12.8 Å². The second kappa shape index (κ2) is 2.57. The topological polar surface area (TPSA) is 96.5 Å². The Morgan fingerprint density at radius 3 is 2.27 bits per heavy atom. The molecule has 0 unspecified atom stereocenters. The summed E-state index contributed by atoms with van der Waals surface area (Å²) < 4.78 is 0. The Hall–Kier alpha value is -1.59. The maximum Gasteiger partial charge on any atom is 0.307 e. The molecular weight excluding hydrogens is 150 g/mol. The standard InChI is InChI=1S/C5H7N3O3/c6-5(7)11-8-3(9)1-2-4(8)10/h1-2H2,(H3,6,7). The van der Waals surface area contributed by atoms with Crippen molar-refractivity contribution in [1.29, 1.82) is 5.41 Å². The number of carbonyl (C=O) groups is 2. The maximum atomic E-state index is 10.7. The molecule has 1 rings (SSSR count).